The fraction of sp³-hybridized carbons (Fsp3) is 0. The highest BCUT2D eigenvalue weighted by atomic mass is 35.5. The Bertz CT molecular complexity index is 584. The Labute approximate surface area is 119 Å². The van der Waals surface area contributed by atoms with Gasteiger partial charge in [0.25, 0.3) is 0 Å². The maximum absolute atomic E-state index is 10.7. The maximum Gasteiger partial charge on any atom is 0.0908 e. The second kappa shape index (κ2) is 6.26. The molecule has 0 amide bonds. The summed E-state index contributed by atoms with van der Waals surface area (Å²) in [7, 11) is 0. The van der Waals surface area contributed by atoms with Crippen LogP contribution in [0.15, 0.2) is 64.2 Å². The van der Waals surface area contributed by atoms with Gasteiger partial charge < -0.3 is 0 Å². The number of nitroso groups, excluding NO2 is 1. The fourth-order valence-corrected chi connectivity index (χ4v) is 1.54. The lowest BCUT2D eigenvalue weighted by Gasteiger charge is -2.06. The van der Waals surface area contributed by atoms with Crippen molar-refractivity contribution >= 4 is 34.6 Å². The average molecular weight is 295 g/mol. The van der Waals surface area contributed by atoms with Gasteiger partial charge in [-0.2, -0.15) is 0 Å². The zero-order chi connectivity index (χ0) is 13.7. The van der Waals surface area contributed by atoms with Crippen molar-refractivity contribution in [3.05, 3.63) is 63.5 Å². The first kappa shape index (κ1) is 13.5. The topological polar surface area (TPSA) is 57.4 Å². The third-order valence-corrected chi connectivity index (χ3v) is 2.71. The molecule has 19 heavy (non-hydrogen) atoms. The number of hydrogen-bond acceptors (Lipinski definition) is 4. The second-order valence-electron chi connectivity index (χ2n) is 3.51. The molecule has 0 spiro atoms. The van der Waals surface area contributed by atoms with E-state index in [1.807, 2.05) is 0 Å². The summed E-state index contributed by atoms with van der Waals surface area (Å²) in [4.78, 5) is 10.7. The molecular formula is C12H8Cl2N4O. The van der Waals surface area contributed by atoms with Crippen molar-refractivity contribution < 1.29 is 0 Å². The summed E-state index contributed by atoms with van der Waals surface area (Å²) in [5.74, 6) is 0. The molecule has 0 N–H and O–H groups in total. The van der Waals surface area contributed by atoms with Crippen LogP contribution in [0.4, 0.5) is 11.4 Å². The molecule has 0 saturated heterocycles. The molecule has 0 aromatic heterocycles. The van der Waals surface area contributed by atoms with Crippen molar-refractivity contribution in [2.45, 2.75) is 0 Å². The molecule has 7 heteroatoms. The molecule has 0 atom stereocenters. The molecule has 2 rings (SSSR count). The third kappa shape index (κ3) is 3.74. The Kier molecular flexibility index (Phi) is 4.43. The van der Waals surface area contributed by atoms with E-state index in [9.17, 15) is 4.91 Å². The molecular weight excluding hydrogens is 287 g/mol. The van der Waals surface area contributed by atoms with Crippen LogP contribution in [0.1, 0.15) is 0 Å². The molecule has 0 bridgehead atoms. The number of benzene rings is 2. The van der Waals surface area contributed by atoms with E-state index in [1.54, 1.807) is 48.5 Å². The van der Waals surface area contributed by atoms with Crippen molar-refractivity contribution in [1.29, 1.82) is 0 Å². The lowest BCUT2D eigenvalue weighted by molar-refractivity contribution is 0.850. The molecule has 96 valence electrons. The summed E-state index contributed by atoms with van der Waals surface area (Å²) in [5.41, 5.74) is 1.03. The summed E-state index contributed by atoms with van der Waals surface area (Å²) in [6.07, 6.45) is 0. The van der Waals surface area contributed by atoms with Crippen molar-refractivity contribution in [3.63, 3.8) is 0 Å². The highest BCUT2D eigenvalue weighted by Crippen LogP contribution is 2.21. The molecule has 0 radical (unpaired) electrons. The molecule has 0 fully saturated rings. The number of nitrogens with zero attached hydrogens (tertiary/aromatic N) is 4. The Balaban J connectivity index is 2.17. The Hall–Kier alpha value is -1.98. The van der Waals surface area contributed by atoms with E-state index < -0.39 is 0 Å². The van der Waals surface area contributed by atoms with E-state index in [4.69, 9.17) is 23.2 Å². The van der Waals surface area contributed by atoms with Gasteiger partial charge in [0.15, 0.2) is 0 Å². The molecule has 5 nitrogen and oxygen atoms in total. The minimum atomic E-state index is 0.470. The van der Waals surface area contributed by atoms with E-state index in [1.165, 1.54) is 0 Å². The standard InChI is InChI=1S/C12H8Cl2N4O/c13-9-1-5-11(6-2-9)15-16-18(17-19)12-7-3-10(14)4-8-12/h1-8H. The summed E-state index contributed by atoms with van der Waals surface area (Å²) in [6, 6.07) is 13.2. The third-order valence-electron chi connectivity index (χ3n) is 2.21. The van der Waals surface area contributed by atoms with Crippen LogP contribution in [0, 0.1) is 4.91 Å². The molecule has 0 unspecified atom stereocenters. The normalized spacial score (nSPS) is 10.6. The van der Waals surface area contributed by atoms with Gasteiger partial charge in [0.05, 0.1) is 16.7 Å². The van der Waals surface area contributed by atoms with Gasteiger partial charge in [-0.15, -0.1) is 10.0 Å². The van der Waals surface area contributed by atoms with Crippen LogP contribution in [-0.4, -0.2) is 0 Å². The van der Waals surface area contributed by atoms with Gasteiger partial charge in [0, 0.05) is 10.0 Å². The number of hydrogen-bond donors (Lipinski definition) is 0. The minimum Gasteiger partial charge on any atom is -0.131 e. The summed E-state index contributed by atoms with van der Waals surface area (Å²) in [6.45, 7) is 0. The maximum atomic E-state index is 10.7. The molecule has 0 saturated carbocycles. The molecule has 2 aromatic rings. The van der Waals surface area contributed by atoms with Crippen LogP contribution in [0.3, 0.4) is 0 Å². The van der Waals surface area contributed by atoms with E-state index in [0.29, 0.717) is 21.4 Å². The molecule has 0 aliphatic rings. The SMILES string of the molecule is O=NN(N=Nc1ccc(Cl)cc1)c1ccc(Cl)cc1. The van der Waals surface area contributed by atoms with Crippen LogP contribution in [0.25, 0.3) is 0 Å². The van der Waals surface area contributed by atoms with Gasteiger partial charge >= 0.3 is 0 Å². The quantitative estimate of drug-likeness (QED) is 0.443. The van der Waals surface area contributed by atoms with Crippen molar-refractivity contribution in [2.75, 3.05) is 5.12 Å². The highest BCUT2D eigenvalue weighted by molar-refractivity contribution is 6.30. The summed E-state index contributed by atoms with van der Waals surface area (Å²) >= 11 is 11.5. The van der Waals surface area contributed by atoms with E-state index >= 15 is 0 Å². The van der Waals surface area contributed by atoms with Crippen LogP contribution in [-0.2, 0) is 0 Å². The van der Waals surface area contributed by atoms with Gasteiger partial charge in [-0.25, -0.2) is 0 Å². The number of rotatable bonds is 4. The largest absolute Gasteiger partial charge is 0.131 e. The highest BCUT2D eigenvalue weighted by Gasteiger charge is 2.04. The number of anilines is 1. The van der Waals surface area contributed by atoms with E-state index in [-0.39, 0.29) is 0 Å². The van der Waals surface area contributed by atoms with Crippen molar-refractivity contribution in [3.8, 4) is 0 Å². The fourth-order valence-electron chi connectivity index (χ4n) is 1.29. The zero-order valence-corrected chi connectivity index (χ0v) is 11.1. The van der Waals surface area contributed by atoms with Crippen molar-refractivity contribution in [1.82, 2.24) is 0 Å². The first-order valence-electron chi connectivity index (χ1n) is 5.25. The van der Waals surface area contributed by atoms with Gasteiger partial charge in [-0.1, -0.05) is 28.3 Å². The van der Waals surface area contributed by atoms with Gasteiger partial charge in [-0.05, 0) is 53.8 Å². The first-order valence-corrected chi connectivity index (χ1v) is 6.01. The molecule has 0 aliphatic carbocycles. The lowest BCUT2D eigenvalue weighted by atomic mass is 10.3. The van der Waals surface area contributed by atoms with E-state index in [0.717, 1.165) is 5.12 Å². The molecule has 2 aromatic carbocycles. The Morgan fingerprint density at radius 3 is 1.89 bits per heavy atom. The Morgan fingerprint density at radius 2 is 1.37 bits per heavy atom. The van der Waals surface area contributed by atoms with Crippen molar-refractivity contribution in [2.24, 2.45) is 15.6 Å². The van der Waals surface area contributed by atoms with Gasteiger partial charge in [0.2, 0.25) is 0 Å². The Morgan fingerprint density at radius 1 is 0.842 bits per heavy atom. The van der Waals surface area contributed by atoms with Gasteiger partial charge in [0.1, 0.15) is 0 Å². The molecule has 0 heterocycles. The second-order valence-corrected chi connectivity index (χ2v) is 4.39. The lowest BCUT2D eigenvalue weighted by Crippen LogP contribution is -2.04. The monoisotopic (exact) mass is 294 g/mol. The zero-order valence-electron chi connectivity index (χ0n) is 9.57. The van der Waals surface area contributed by atoms with E-state index in [2.05, 4.69) is 15.6 Å². The number of halogens is 2. The van der Waals surface area contributed by atoms with Crippen LogP contribution in [0.2, 0.25) is 10.0 Å². The van der Waals surface area contributed by atoms with Crippen LogP contribution in [0.5, 0.6) is 0 Å². The smallest absolute Gasteiger partial charge is 0.0908 e. The summed E-state index contributed by atoms with van der Waals surface area (Å²) in [5, 5.41) is 12.4. The first-order chi connectivity index (χ1) is 9.19. The molecule has 0 aliphatic heterocycles. The summed E-state index contributed by atoms with van der Waals surface area (Å²) < 4.78 is 0. The van der Waals surface area contributed by atoms with Crippen LogP contribution < -0.4 is 5.12 Å². The minimum absolute atomic E-state index is 0.470. The average Bonchev–Trinajstić information content (AvgIpc) is 2.43. The predicted octanol–water partition coefficient (Wildman–Crippen LogP) is 5.18. The van der Waals surface area contributed by atoms with Crippen LogP contribution >= 0.6 is 23.2 Å². The van der Waals surface area contributed by atoms with Gasteiger partial charge in [-0.3, -0.25) is 0 Å². The predicted molar refractivity (Wildman–Crippen MR) is 75.7 cm³/mol.